The van der Waals surface area contributed by atoms with Crippen LogP contribution >= 0.6 is 0 Å². The van der Waals surface area contributed by atoms with Crippen molar-refractivity contribution in [3.05, 3.63) is 58.7 Å². The third kappa shape index (κ3) is 3.94. The molecule has 0 unspecified atom stereocenters. The van der Waals surface area contributed by atoms with Gasteiger partial charge in [-0.3, -0.25) is 14.1 Å². The zero-order valence-electron chi connectivity index (χ0n) is 18.5. The van der Waals surface area contributed by atoms with Crippen LogP contribution in [0.1, 0.15) is 51.6 Å². The molecule has 0 aromatic heterocycles. The van der Waals surface area contributed by atoms with Crippen LogP contribution in [0.3, 0.4) is 0 Å². The molecule has 4 rings (SSSR count). The maximum atomic E-state index is 13.4. The minimum atomic E-state index is -4.98. The summed E-state index contributed by atoms with van der Waals surface area (Å²) in [6, 6.07) is 8.60. The van der Waals surface area contributed by atoms with Gasteiger partial charge in [0, 0.05) is 11.3 Å². The average molecular weight is 499 g/mol. The second kappa shape index (κ2) is 8.60. The van der Waals surface area contributed by atoms with Crippen LogP contribution in [0.4, 0.5) is 11.4 Å². The van der Waals surface area contributed by atoms with Crippen molar-refractivity contribution in [1.29, 1.82) is 0 Å². The topological polar surface area (TPSA) is 190 Å². The molecule has 1 aliphatic rings. The highest BCUT2D eigenvalue weighted by atomic mass is 32.2. The number of rotatable bonds is 6. The van der Waals surface area contributed by atoms with E-state index in [4.69, 9.17) is 16.2 Å². The lowest BCUT2D eigenvalue weighted by Gasteiger charge is -2.24. The highest BCUT2D eigenvalue weighted by molar-refractivity contribution is 7.86. The molecule has 0 saturated heterocycles. The lowest BCUT2D eigenvalue weighted by Crippen LogP contribution is -2.25. The minimum Gasteiger partial charge on any atom is -0.507 e. The smallest absolute Gasteiger partial charge is 0.298 e. The first kappa shape index (κ1) is 24.0. The van der Waals surface area contributed by atoms with Crippen LogP contribution in [0.2, 0.25) is 0 Å². The molecule has 0 atom stereocenters. The van der Waals surface area contributed by atoms with E-state index in [2.05, 4.69) is 0 Å². The Morgan fingerprint density at radius 3 is 2.14 bits per heavy atom. The number of hydrogen-bond donors (Lipinski definition) is 5. The van der Waals surface area contributed by atoms with Crippen molar-refractivity contribution in [2.24, 2.45) is 0 Å². The van der Waals surface area contributed by atoms with E-state index in [1.807, 2.05) is 6.92 Å². The summed E-state index contributed by atoms with van der Waals surface area (Å²) < 4.78 is 38.4. The van der Waals surface area contributed by atoms with E-state index < -0.39 is 66.0 Å². The number of ether oxygens (including phenoxy) is 1. The number of phenolic OH excluding ortho intramolecular Hbond substituents is 2. The standard InChI is InChI=1S/C24H22N2O8S/c1-2-3-8-34-12-6-4-11(5-7-12)13-9-15(27)18-19(21(13)26)24(30)20-17(23(18)29)14(25)10-16(22(20)28)35(31,32)33/h4-7,9-10,27-28H,2-3,8,25-26H2,1H3,(H,31,32,33). The van der Waals surface area contributed by atoms with Crippen LogP contribution in [-0.4, -0.2) is 41.4 Å². The molecule has 0 heterocycles. The molecule has 0 radical (unpaired) electrons. The monoisotopic (exact) mass is 498 g/mol. The molecule has 0 spiro atoms. The molecule has 0 aliphatic heterocycles. The van der Waals surface area contributed by atoms with Gasteiger partial charge < -0.3 is 26.4 Å². The summed E-state index contributed by atoms with van der Waals surface area (Å²) in [5.41, 5.74) is 10.1. The molecular weight excluding hydrogens is 476 g/mol. The van der Waals surface area contributed by atoms with E-state index in [1.165, 1.54) is 6.07 Å². The van der Waals surface area contributed by atoms with Gasteiger partial charge in [0.2, 0.25) is 11.6 Å². The van der Waals surface area contributed by atoms with Crippen LogP contribution < -0.4 is 16.2 Å². The Bertz CT molecular complexity index is 1500. The van der Waals surface area contributed by atoms with Crippen molar-refractivity contribution in [3.8, 4) is 28.4 Å². The van der Waals surface area contributed by atoms with Gasteiger partial charge in [-0.15, -0.1) is 0 Å². The highest BCUT2D eigenvalue weighted by Gasteiger charge is 2.40. The summed E-state index contributed by atoms with van der Waals surface area (Å²) in [7, 11) is -4.98. The van der Waals surface area contributed by atoms with E-state index in [-0.39, 0.29) is 11.3 Å². The molecular formula is C24H22N2O8S. The number of nitrogen functional groups attached to an aromatic ring is 2. The molecule has 0 fully saturated rings. The number of anilines is 2. The lowest BCUT2D eigenvalue weighted by atomic mass is 9.80. The number of carbonyl (C=O) groups excluding carboxylic acids is 2. The maximum absolute atomic E-state index is 13.4. The molecule has 10 nitrogen and oxygen atoms in total. The Kier molecular flexibility index (Phi) is 5.91. The predicted molar refractivity (Wildman–Crippen MR) is 128 cm³/mol. The predicted octanol–water partition coefficient (Wildman–Crippen LogP) is 3.13. The molecule has 7 N–H and O–H groups in total. The number of benzene rings is 3. The first-order valence-electron chi connectivity index (χ1n) is 10.6. The zero-order valence-corrected chi connectivity index (χ0v) is 19.3. The van der Waals surface area contributed by atoms with E-state index in [9.17, 15) is 32.8 Å². The van der Waals surface area contributed by atoms with Crippen LogP contribution in [0.15, 0.2) is 41.3 Å². The number of carbonyl (C=O) groups is 2. The zero-order chi connectivity index (χ0) is 25.7. The molecule has 11 heteroatoms. The number of ketones is 2. The van der Waals surface area contributed by atoms with Crippen LogP contribution in [0, 0.1) is 0 Å². The second-order valence-electron chi connectivity index (χ2n) is 8.03. The fourth-order valence-corrected chi connectivity index (χ4v) is 4.66. The summed E-state index contributed by atoms with van der Waals surface area (Å²) in [5, 5.41) is 21.2. The van der Waals surface area contributed by atoms with Gasteiger partial charge in [-0.05, 0) is 36.2 Å². The van der Waals surface area contributed by atoms with Crippen LogP contribution in [0.25, 0.3) is 11.1 Å². The average Bonchev–Trinajstić information content (AvgIpc) is 2.79. The molecule has 35 heavy (non-hydrogen) atoms. The van der Waals surface area contributed by atoms with E-state index in [1.54, 1.807) is 24.3 Å². The van der Waals surface area contributed by atoms with Gasteiger partial charge in [0.1, 0.15) is 22.1 Å². The molecule has 0 saturated carbocycles. The number of phenols is 2. The van der Waals surface area contributed by atoms with Gasteiger partial charge >= 0.3 is 0 Å². The summed E-state index contributed by atoms with van der Waals surface area (Å²) in [4.78, 5) is 25.6. The number of fused-ring (bicyclic) bond motifs is 2. The third-order valence-corrected chi connectivity index (χ3v) is 6.63. The van der Waals surface area contributed by atoms with Crippen molar-refractivity contribution in [2.75, 3.05) is 18.1 Å². The van der Waals surface area contributed by atoms with Crippen molar-refractivity contribution in [3.63, 3.8) is 0 Å². The fourth-order valence-electron chi connectivity index (χ4n) is 4.03. The van der Waals surface area contributed by atoms with Gasteiger partial charge in [0.25, 0.3) is 10.1 Å². The first-order valence-corrected chi connectivity index (χ1v) is 12.0. The summed E-state index contributed by atoms with van der Waals surface area (Å²) >= 11 is 0. The van der Waals surface area contributed by atoms with Crippen molar-refractivity contribution < 1.29 is 37.5 Å². The number of nitrogens with two attached hydrogens (primary N) is 2. The molecule has 3 aromatic rings. The quantitative estimate of drug-likeness (QED) is 0.114. The van der Waals surface area contributed by atoms with E-state index in [0.717, 1.165) is 12.8 Å². The normalized spacial score (nSPS) is 12.9. The van der Waals surface area contributed by atoms with E-state index >= 15 is 0 Å². The number of hydrogen-bond acceptors (Lipinski definition) is 9. The molecule has 1 aliphatic carbocycles. The molecule has 3 aromatic carbocycles. The molecule has 0 bridgehead atoms. The lowest BCUT2D eigenvalue weighted by molar-refractivity contribution is 0.0975. The Labute approximate surface area is 200 Å². The Hall–Kier alpha value is -4.09. The first-order chi connectivity index (χ1) is 16.5. The van der Waals surface area contributed by atoms with Gasteiger partial charge in [-0.1, -0.05) is 25.5 Å². The number of unbranched alkanes of at least 4 members (excludes halogenated alkanes) is 1. The van der Waals surface area contributed by atoms with Gasteiger partial charge in [-0.25, -0.2) is 0 Å². The van der Waals surface area contributed by atoms with Crippen molar-refractivity contribution in [1.82, 2.24) is 0 Å². The molecule has 182 valence electrons. The molecule has 0 amide bonds. The Morgan fingerprint density at radius 1 is 0.914 bits per heavy atom. The Morgan fingerprint density at radius 2 is 1.54 bits per heavy atom. The van der Waals surface area contributed by atoms with Crippen LogP contribution in [-0.2, 0) is 10.1 Å². The van der Waals surface area contributed by atoms with Crippen molar-refractivity contribution in [2.45, 2.75) is 24.7 Å². The van der Waals surface area contributed by atoms with Gasteiger partial charge in [0.05, 0.1) is 34.5 Å². The largest absolute Gasteiger partial charge is 0.507 e. The van der Waals surface area contributed by atoms with Gasteiger partial charge in [0.15, 0.2) is 0 Å². The SMILES string of the molecule is CCCCOc1ccc(-c2cc(O)c3c(c2N)C(=O)c2c(O)c(S(=O)(=O)O)cc(N)c2C3=O)cc1. The summed E-state index contributed by atoms with van der Waals surface area (Å²) in [5.74, 6) is -3.03. The highest BCUT2D eigenvalue weighted by Crippen LogP contribution is 2.46. The van der Waals surface area contributed by atoms with Crippen LogP contribution in [0.5, 0.6) is 17.2 Å². The fraction of sp³-hybridized carbons (Fsp3) is 0.167. The second-order valence-corrected chi connectivity index (χ2v) is 9.42. The third-order valence-electron chi connectivity index (χ3n) is 5.76. The van der Waals surface area contributed by atoms with E-state index in [0.29, 0.717) is 24.0 Å². The Balaban J connectivity index is 1.88. The summed E-state index contributed by atoms with van der Waals surface area (Å²) in [6.07, 6.45) is 1.87. The van der Waals surface area contributed by atoms with Gasteiger partial charge in [-0.2, -0.15) is 8.42 Å². The maximum Gasteiger partial charge on any atom is 0.298 e. The minimum absolute atomic E-state index is 0.170. The van der Waals surface area contributed by atoms with Crippen molar-refractivity contribution >= 4 is 33.1 Å². The summed E-state index contributed by atoms with van der Waals surface area (Å²) in [6.45, 7) is 2.59. The number of aromatic hydroxyl groups is 2.